The zero-order valence-electron chi connectivity index (χ0n) is 9.39. The molecule has 0 spiro atoms. The molecule has 16 heavy (non-hydrogen) atoms. The molecule has 0 saturated carbocycles. The van der Waals surface area contributed by atoms with Gasteiger partial charge in [-0.25, -0.2) is 4.98 Å². The summed E-state index contributed by atoms with van der Waals surface area (Å²) in [7, 11) is 1.90. The molecule has 5 nitrogen and oxygen atoms in total. The highest BCUT2D eigenvalue weighted by atomic mass is 15.3. The van der Waals surface area contributed by atoms with E-state index in [9.17, 15) is 0 Å². The Hall–Kier alpha value is -2.04. The van der Waals surface area contributed by atoms with Crippen molar-refractivity contribution in [3.8, 4) is 0 Å². The third-order valence-corrected chi connectivity index (χ3v) is 2.86. The molecule has 0 fully saturated rings. The van der Waals surface area contributed by atoms with Crippen molar-refractivity contribution < 1.29 is 0 Å². The maximum Gasteiger partial charge on any atom is 0.158 e. The fraction of sp³-hybridized carbons (Fsp3) is 0.273. The molecule has 3 rings (SSSR count). The molecule has 5 heteroatoms. The maximum absolute atomic E-state index is 4.56. The predicted octanol–water partition coefficient (Wildman–Crippen LogP) is 1.53. The van der Waals surface area contributed by atoms with Crippen LogP contribution < -0.4 is 0 Å². The Labute approximate surface area is 92.1 Å². The average molecular weight is 213 g/mol. The largest absolute Gasteiger partial charge is 0.250 e. The van der Waals surface area contributed by atoms with Crippen LogP contribution in [0.3, 0.4) is 0 Å². The molecule has 80 valence electrons. The topological polar surface area (TPSA) is 56.5 Å². The average Bonchev–Trinajstić information content (AvgIpc) is 2.55. The number of rotatable bonds is 0. The first-order valence-corrected chi connectivity index (χ1v) is 5.09. The first kappa shape index (κ1) is 9.21. The molecule has 0 aliphatic heterocycles. The molecular weight excluding hydrogens is 202 g/mol. The molecule has 0 aliphatic rings. The number of hydrogen-bond acceptors (Lipinski definition) is 4. The van der Waals surface area contributed by atoms with Gasteiger partial charge in [0.25, 0.3) is 0 Å². The molecular formula is C11H11N5. The van der Waals surface area contributed by atoms with E-state index in [4.69, 9.17) is 0 Å². The van der Waals surface area contributed by atoms with Crippen molar-refractivity contribution in [1.82, 2.24) is 25.0 Å². The van der Waals surface area contributed by atoms with Crippen LogP contribution >= 0.6 is 0 Å². The van der Waals surface area contributed by atoms with E-state index in [2.05, 4.69) is 20.3 Å². The Kier molecular flexibility index (Phi) is 1.71. The van der Waals surface area contributed by atoms with Gasteiger partial charge in [0, 0.05) is 23.5 Å². The van der Waals surface area contributed by atoms with Crippen LogP contribution in [0.4, 0.5) is 0 Å². The van der Waals surface area contributed by atoms with Gasteiger partial charge in [-0.15, -0.1) is 0 Å². The summed E-state index contributed by atoms with van der Waals surface area (Å²) in [5, 5.41) is 15.4. The summed E-state index contributed by atoms with van der Waals surface area (Å²) < 4.78 is 1.80. The third kappa shape index (κ3) is 1.05. The number of aromatic nitrogens is 5. The number of fused-ring (bicyclic) bond motifs is 3. The van der Waals surface area contributed by atoms with E-state index >= 15 is 0 Å². The molecule has 3 aromatic heterocycles. The van der Waals surface area contributed by atoms with E-state index in [1.165, 1.54) is 0 Å². The Balaban J connectivity index is 2.67. The van der Waals surface area contributed by atoms with Crippen molar-refractivity contribution >= 4 is 21.8 Å². The van der Waals surface area contributed by atoms with Gasteiger partial charge in [-0.1, -0.05) is 0 Å². The highest BCUT2D eigenvalue weighted by molar-refractivity contribution is 6.06. The predicted molar refractivity (Wildman–Crippen MR) is 61.1 cm³/mol. The molecule has 0 saturated heterocycles. The highest BCUT2D eigenvalue weighted by Gasteiger charge is 2.12. The Morgan fingerprint density at radius 3 is 2.44 bits per heavy atom. The van der Waals surface area contributed by atoms with E-state index < -0.39 is 0 Å². The molecule has 0 atom stereocenters. The zero-order valence-corrected chi connectivity index (χ0v) is 9.39. The summed E-state index contributed by atoms with van der Waals surface area (Å²) in [6.45, 7) is 3.96. The number of hydrogen-bond donors (Lipinski definition) is 0. The van der Waals surface area contributed by atoms with Crippen molar-refractivity contribution in [2.24, 2.45) is 7.05 Å². The Bertz CT molecular complexity index is 698. The minimum atomic E-state index is 0.899. The molecule has 0 amide bonds. The van der Waals surface area contributed by atoms with Crippen LogP contribution in [0.25, 0.3) is 21.8 Å². The fourth-order valence-corrected chi connectivity index (χ4v) is 2.12. The number of pyridine rings is 1. The second kappa shape index (κ2) is 2.98. The van der Waals surface area contributed by atoms with Gasteiger partial charge in [0.05, 0.1) is 23.5 Å². The minimum Gasteiger partial charge on any atom is -0.250 e. The summed E-state index contributed by atoms with van der Waals surface area (Å²) in [4.78, 5) is 4.56. The van der Waals surface area contributed by atoms with E-state index in [0.29, 0.717) is 0 Å². The SMILES string of the molecule is Cc1nc2c(c(C)nn2C)c2cnncc12. The summed E-state index contributed by atoms with van der Waals surface area (Å²) in [6, 6.07) is 0. The van der Waals surface area contributed by atoms with Crippen LogP contribution in [-0.4, -0.2) is 25.0 Å². The van der Waals surface area contributed by atoms with Crippen LogP contribution in [0.2, 0.25) is 0 Å². The summed E-state index contributed by atoms with van der Waals surface area (Å²) >= 11 is 0. The minimum absolute atomic E-state index is 0.899. The molecule has 0 aliphatic carbocycles. The molecule has 0 unspecified atom stereocenters. The maximum atomic E-state index is 4.56. The molecule has 3 heterocycles. The molecule has 0 bridgehead atoms. The quantitative estimate of drug-likeness (QED) is 0.568. The van der Waals surface area contributed by atoms with Gasteiger partial charge in [-0.05, 0) is 13.8 Å². The van der Waals surface area contributed by atoms with Crippen LogP contribution in [0.1, 0.15) is 11.4 Å². The lowest BCUT2D eigenvalue weighted by atomic mass is 10.1. The fourth-order valence-electron chi connectivity index (χ4n) is 2.12. The second-order valence-electron chi connectivity index (χ2n) is 3.92. The molecule has 0 aromatic carbocycles. The van der Waals surface area contributed by atoms with Crippen molar-refractivity contribution in [2.45, 2.75) is 13.8 Å². The van der Waals surface area contributed by atoms with Gasteiger partial charge < -0.3 is 0 Å². The Morgan fingerprint density at radius 2 is 1.69 bits per heavy atom. The van der Waals surface area contributed by atoms with E-state index in [-0.39, 0.29) is 0 Å². The molecule has 0 radical (unpaired) electrons. The standard InChI is InChI=1S/C11H11N5/c1-6-8-4-12-13-5-9(8)10-7(2)15-16(3)11(10)14-6/h4-5H,1-3H3. The third-order valence-electron chi connectivity index (χ3n) is 2.86. The molecule has 3 aromatic rings. The van der Waals surface area contributed by atoms with Gasteiger partial charge in [-0.2, -0.15) is 15.3 Å². The summed E-state index contributed by atoms with van der Waals surface area (Å²) in [5.41, 5.74) is 2.83. The first-order chi connectivity index (χ1) is 7.68. The van der Waals surface area contributed by atoms with Crippen molar-refractivity contribution in [2.75, 3.05) is 0 Å². The van der Waals surface area contributed by atoms with Crippen molar-refractivity contribution in [3.63, 3.8) is 0 Å². The summed E-state index contributed by atoms with van der Waals surface area (Å²) in [5.74, 6) is 0. The lowest BCUT2D eigenvalue weighted by Crippen LogP contribution is -1.94. The lowest BCUT2D eigenvalue weighted by Gasteiger charge is -2.02. The number of nitrogens with zero attached hydrogens (tertiary/aromatic N) is 5. The Morgan fingerprint density at radius 1 is 1.00 bits per heavy atom. The second-order valence-corrected chi connectivity index (χ2v) is 3.92. The number of aryl methyl sites for hydroxylation is 3. The summed E-state index contributed by atoms with van der Waals surface area (Å²) in [6.07, 6.45) is 3.53. The van der Waals surface area contributed by atoms with E-state index in [0.717, 1.165) is 33.2 Å². The molecule has 0 N–H and O–H groups in total. The monoisotopic (exact) mass is 213 g/mol. The van der Waals surface area contributed by atoms with Gasteiger partial charge in [0.2, 0.25) is 0 Å². The van der Waals surface area contributed by atoms with Crippen LogP contribution in [0.5, 0.6) is 0 Å². The lowest BCUT2D eigenvalue weighted by molar-refractivity contribution is 0.773. The smallest absolute Gasteiger partial charge is 0.158 e. The van der Waals surface area contributed by atoms with Crippen molar-refractivity contribution in [3.05, 3.63) is 23.8 Å². The van der Waals surface area contributed by atoms with Gasteiger partial charge >= 0.3 is 0 Å². The van der Waals surface area contributed by atoms with Gasteiger partial charge in [0.15, 0.2) is 5.65 Å². The highest BCUT2D eigenvalue weighted by Crippen LogP contribution is 2.26. The van der Waals surface area contributed by atoms with Crippen LogP contribution in [0.15, 0.2) is 12.4 Å². The van der Waals surface area contributed by atoms with Gasteiger partial charge in [0.1, 0.15) is 0 Å². The van der Waals surface area contributed by atoms with E-state index in [1.54, 1.807) is 17.1 Å². The normalized spacial score (nSPS) is 11.4. The van der Waals surface area contributed by atoms with Crippen molar-refractivity contribution in [1.29, 1.82) is 0 Å². The van der Waals surface area contributed by atoms with Crippen LogP contribution in [0, 0.1) is 13.8 Å². The van der Waals surface area contributed by atoms with E-state index in [1.807, 2.05) is 20.9 Å². The van der Waals surface area contributed by atoms with Crippen LogP contribution in [-0.2, 0) is 7.05 Å². The van der Waals surface area contributed by atoms with Gasteiger partial charge in [-0.3, -0.25) is 4.68 Å². The first-order valence-electron chi connectivity index (χ1n) is 5.09. The zero-order chi connectivity index (χ0) is 11.3.